The predicted octanol–water partition coefficient (Wildman–Crippen LogP) is 2.75. The van der Waals surface area contributed by atoms with E-state index < -0.39 is 0 Å². The van der Waals surface area contributed by atoms with Crippen molar-refractivity contribution >= 4 is 28.9 Å². The van der Waals surface area contributed by atoms with Crippen LogP contribution < -0.4 is 0 Å². The first-order chi connectivity index (χ1) is 10.0. The van der Waals surface area contributed by atoms with Crippen LogP contribution in [0, 0.1) is 11.8 Å². The van der Waals surface area contributed by atoms with Gasteiger partial charge >= 0.3 is 0 Å². The number of aliphatic imine (C=N–C) groups is 2. The molecule has 0 spiro atoms. The summed E-state index contributed by atoms with van der Waals surface area (Å²) in [5.74, 6) is 1.11. The van der Waals surface area contributed by atoms with E-state index in [1.54, 1.807) is 0 Å². The van der Waals surface area contributed by atoms with Gasteiger partial charge in [-0.1, -0.05) is 25.6 Å². The number of amidine groups is 1. The van der Waals surface area contributed by atoms with E-state index in [1.165, 1.54) is 6.42 Å². The molecule has 0 aromatic carbocycles. The smallest absolute Gasteiger partial charge is 0.160 e. The number of hydrogen-bond acceptors (Lipinski definition) is 5. The van der Waals surface area contributed by atoms with Crippen molar-refractivity contribution in [2.45, 2.75) is 44.4 Å². The van der Waals surface area contributed by atoms with Crippen LogP contribution in [0.2, 0.25) is 0 Å². The number of nitrogens with zero attached hydrogens (tertiary/aromatic N) is 3. The number of Topliss-reactive ketones (excluding diaryl/α,β-unsaturated/α-hetero) is 1. The second kappa shape index (κ2) is 5.95. The lowest BCUT2D eigenvalue weighted by molar-refractivity contribution is -0.127. The van der Waals surface area contributed by atoms with Crippen LogP contribution in [-0.4, -0.2) is 46.9 Å². The van der Waals surface area contributed by atoms with E-state index in [-0.39, 0.29) is 12.0 Å². The highest BCUT2D eigenvalue weighted by molar-refractivity contribution is 8.14. The largest absolute Gasteiger partial charge is 0.355 e. The molecule has 5 heteroatoms. The van der Waals surface area contributed by atoms with Crippen molar-refractivity contribution in [1.29, 1.82) is 0 Å². The first kappa shape index (κ1) is 14.8. The quantitative estimate of drug-likeness (QED) is 0.802. The maximum atomic E-state index is 11.6. The SMILES string of the molecule is CC(C)CCN(C)C1=NC2C=NC(C3CCC3=O)=CC2S1. The molecule has 114 valence electrons. The number of carbonyl (C=O) groups is 1. The summed E-state index contributed by atoms with van der Waals surface area (Å²) >= 11 is 1.81. The summed E-state index contributed by atoms with van der Waals surface area (Å²) < 4.78 is 0. The number of thioether (sulfide) groups is 1. The standard InChI is InChI=1S/C16H23N3OS/c1-10(2)6-7-19(3)16-18-13-9-17-12(8-15(13)21-16)11-4-5-14(11)20/h8-11,13,15H,4-7H2,1-3H3. The van der Waals surface area contributed by atoms with Crippen LogP contribution in [0.25, 0.3) is 0 Å². The van der Waals surface area contributed by atoms with Crippen molar-refractivity contribution < 1.29 is 4.79 Å². The molecule has 0 saturated heterocycles. The highest BCUT2D eigenvalue weighted by Crippen LogP contribution is 2.37. The van der Waals surface area contributed by atoms with E-state index in [0.29, 0.717) is 17.0 Å². The monoisotopic (exact) mass is 305 g/mol. The normalized spacial score (nSPS) is 30.9. The molecule has 1 aliphatic carbocycles. The Morgan fingerprint density at radius 1 is 1.48 bits per heavy atom. The fourth-order valence-corrected chi connectivity index (χ4v) is 3.88. The topological polar surface area (TPSA) is 45.0 Å². The van der Waals surface area contributed by atoms with Gasteiger partial charge in [-0.05, 0) is 24.8 Å². The summed E-state index contributed by atoms with van der Waals surface area (Å²) in [4.78, 5) is 23.1. The van der Waals surface area contributed by atoms with Crippen LogP contribution in [0.4, 0.5) is 0 Å². The molecule has 2 aliphatic heterocycles. The Balaban J connectivity index is 1.62. The second-order valence-electron chi connectivity index (χ2n) is 6.52. The third kappa shape index (κ3) is 3.07. The highest BCUT2D eigenvalue weighted by Gasteiger charge is 2.37. The first-order valence-electron chi connectivity index (χ1n) is 7.79. The number of allylic oxidation sites excluding steroid dienone is 1. The Morgan fingerprint density at radius 2 is 2.29 bits per heavy atom. The molecule has 0 aromatic rings. The van der Waals surface area contributed by atoms with E-state index in [9.17, 15) is 4.79 Å². The Bertz CT molecular complexity index is 524. The molecular weight excluding hydrogens is 282 g/mol. The fraction of sp³-hybridized carbons (Fsp3) is 0.688. The van der Waals surface area contributed by atoms with Gasteiger partial charge in [0, 0.05) is 31.9 Å². The van der Waals surface area contributed by atoms with Gasteiger partial charge in [0.15, 0.2) is 5.17 Å². The molecule has 1 saturated carbocycles. The Hall–Kier alpha value is -1.10. The van der Waals surface area contributed by atoms with E-state index in [2.05, 4.69) is 36.9 Å². The van der Waals surface area contributed by atoms with Gasteiger partial charge in [0.25, 0.3) is 0 Å². The summed E-state index contributed by atoms with van der Waals surface area (Å²) in [6, 6.07) is 0.144. The van der Waals surface area contributed by atoms with Gasteiger partial charge in [-0.15, -0.1) is 0 Å². The lowest BCUT2D eigenvalue weighted by atomic mass is 9.80. The average molecular weight is 305 g/mol. The maximum Gasteiger partial charge on any atom is 0.160 e. The van der Waals surface area contributed by atoms with Gasteiger partial charge < -0.3 is 4.90 Å². The summed E-state index contributed by atoms with van der Waals surface area (Å²) in [5, 5.41) is 1.43. The molecule has 0 bridgehead atoms. The second-order valence-corrected chi connectivity index (χ2v) is 7.66. The average Bonchev–Trinajstić information content (AvgIpc) is 2.86. The third-order valence-corrected chi connectivity index (χ3v) is 5.66. The molecule has 21 heavy (non-hydrogen) atoms. The molecule has 0 aromatic heterocycles. The molecule has 0 amide bonds. The van der Waals surface area contributed by atoms with Gasteiger partial charge in [-0.25, -0.2) is 0 Å². The van der Waals surface area contributed by atoms with Crippen molar-refractivity contribution in [1.82, 2.24) is 4.90 Å². The minimum atomic E-state index is 0.0607. The van der Waals surface area contributed by atoms with Crippen LogP contribution in [0.1, 0.15) is 33.1 Å². The first-order valence-corrected chi connectivity index (χ1v) is 8.67. The zero-order valence-corrected chi connectivity index (χ0v) is 13.8. The van der Waals surface area contributed by atoms with Gasteiger partial charge in [0.05, 0.1) is 11.2 Å². The third-order valence-electron chi connectivity index (χ3n) is 4.34. The summed E-state index contributed by atoms with van der Waals surface area (Å²) in [6.07, 6.45) is 6.97. The Morgan fingerprint density at radius 3 is 2.90 bits per heavy atom. The molecule has 0 N–H and O–H groups in total. The van der Waals surface area contributed by atoms with E-state index in [1.807, 2.05) is 18.0 Å². The molecule has 3 aliphatic rings. The van der Waals surface area contributed by atoms with Crippen LogP contribution >= 0.6 is 11.8 Å². The predicted molar refractivity (Wildman–Crippen MR) is 89.0 cm³/mol. The molecule has 3 rings (SSSR count). The molecule has 1 fully saturated rings. The van der Waals surface area contributed by atoms with Crippen molar-refractivity contribution in [3.8, 4) is 0 Å². The van der Waals surface area contributed by atoms with Crippen LogP contribution in [0.5, 0.6) is 0 Å². The van der Waals surface area contributed by atoms with Crippen LogP contribution in [-0.2, 0) is 4.79 Å². The van der Waals surface area contributed by atoms with E-state index in [0.717, 1.165) is 30.3 Å². The maximum absolute atomic E-state index is 11.6. The van der Waals surface area contributed by atoms with Gasteiger partial charge in [-0.2, -0.15) is 0 Å². The van der Waals surface area contributed by atoms with Gasteiger partial charge in [0.1, 0.15) is 11.8 Å². The summed E-state index contributed by atoms with van der Waals surface area (Å²) in [6.45, 7) is 5.53. The van der Waals surface area contributed by atoms with Gasteiger partial charge in [0.2, 0.25) is 0 Å². The molecule has 0 radical (unpaired) electrons. The van der Waals surface area contributed by atoms with Crippen LogP contribution in [0.15, 0.2) is 21.8 Å². The zero-order chi connectivity index (χ0) is 15.0. The number of fused-ring (bicyclic) bond motifs is 1. The number of carbonyl (C=O) groups excluding carboxylic acids is 1. The van der Waals surface area contributed by atoms with Crippen molar-refractivity contribution in [3.05, 3.63) is 11.8 Å². The minimum Gasteiger partial charge on any atom is -0.355 e. The molecule has 2 heterocycles. The van der Waals surface area contributed by atoms with E-state index in [4.69, 9.17) is 4.99 Å². The number of rotatable bonds is 4. The van der Waals surface area contributed by atoms with Crippen molar-refractivity contribution in [3.63, 3.8) is 0 Å². The van der Waals surface area contributed by atoms with Crippen LogP contribution in [0.3, 0.4) is 0 Å². The fourth-order valence-electron chi connectivity index (χ4n) is 2.71. The minimum absolute atomic E-state index is 0.0607. The Labute approximate surface area is 130 Å². The summed E-state index contributed by atoms with van der Waals surface area (Å²) in [5.41, 5.74) is 0.973. The van der Waals surface area contributed by atoms with Crippen molar-refractivity contribution in [2.75, 3.05) is 13.6 Å². The van der Waals surface area contributed by atoms with Crippen molar-refractivity contribution in [2.24, 2.45) is 21.8 Å². The molecule has 3 atom stereocenters. The lowest BCUT2D eigenvalue weighted by Gasteiger charge is -2.27. The van der Waals surface area contributed by atoms with Gasteiger partial charge in [-0.3, -0.25) is 14.8 Å². The number of ketones is 1. The molecule has 3 unspecified atom stereocenters. The highest BCUT2D eigenvalue weighted by atomic mass is 32.2. The lowest BCUT2D eigenvalue weighted by Crippen LogP contribution is -2.30. The molecular formula is C16H23N3OS. The van der Waals surface area contributed by atoms with E-state index >= 15 is 0 Å². The summed E-state index contributed by atoms with van der Waals surface area (Å²) in [7, 11) is 2.11. The zero-order valence-electron chi connectivity index (χ0n) is 13.0. The Kier molecular flexibility index (Phi) is 4.20. The molecule has 4 nitrogen and oxygen atoms in total. The number of hydrogen-bond donors (Lipinski definition) is 0.